The molecular weight excluding hydrogens is 568 g/mol. The van der Waals surface area contributed by atoms with E-state index in [0.29, 0.717) is 33.8 Å². The first-order valence-corrected chi connectivity index (χ1v) is 12.8. The van der Waals surface area contributed by atoms with Crippen LogP contribution >= 0.6 is 15.9 Å². The number of amides is 4. The van der Waals surface area contributed by atoms with Crippen molar-refractivity contribution in [2.24, 2.45) is 0 Å². The molecule has 0 aliphatic carbocycles. The molecule has 1 aliphatic heterocycles. The Morgan fingerprint density at radius 1 is 1.00 bits per heavy atom. The number of imide groups is 2. The van der Waals surface area contributed by atoms with Crippen LogP contribution in [-0.4, -0.2) is 35.5 Å². The molecular formula is C29H25BrN2O7. The smallest absolute Gasteiger partial charge is 0.335 e. The molecule has 4 amide bonds. The summed E-state index contributed by atoms with van der Waals surface area (Å²) in [5, 5.41) is 11.3. The topological polar surface area (TPSA) is 122 Å². The molecule has 200 valence electrons. The summed E-state index contributed by atoms with van der Waals surface area (Å²) >= 11 is 3.48. The number of carbonyl (C=O) groups is 4. The number of hydrogen-bond donors (Lipinski definition) is 2. The zero-order chi connectivity index (χ0) is 28.3. The number of nitrogens with one attached hydrogen (secondary N) is 1. The van der Waals surface area contributed by atoms with Crippen LogP contribution in [0.4, 0.5) is 10.5 Å². The summed E-state index contributed by atoms with van der Waals surface area (Å²) < 4.78 is 12.2. The minimum Gasteiger partial charge on any atom is -0.490 e. The van der Waals surface area contributed by atoms with Crippen LogP contribution in [0.1, 0.15) is 39.5 Å². The van der Waals surface area contributed by atoms with Crippen molar-refractivity contribution in [3.63, 3.8) is 0 Å². The van der Waals surface area contributed by atoms with Gasteiger partial charge in [-0.05, 0) is 101 Å². The number of carboxylic acid groups (broad SMARTS) is 1. The van der Waals surface area contributed by atoms with Gasteiger partial charge in [-0.3, -0.25) is 14.9 Å². The molecule has 1 heterocycles. The second-order valence-corrected chi connectivity index (χ2v) is 9.63. The van der Waals surface area contributed by atoms with Gasteiger partial charge >= 0.3 is 12.0 Å². The van der Waals surface area contributed by atoms with Gasteiger partial charge in [-0.1, -0.05) is 18.2 Å². The Bertz CT molecular complexity index is 1510. The number of carboxylic acids is 1. The van der Waals surface area contributed by atoms with Crippen molar-refractivity contribution in [3.05, 3.63) is 92.5 Å². The zero-order valence-corrected chi connectivity index (χ0v) is 23.0. The predicted molar refractivity (Wildman–Crippen MR) is 148 cm³/mol. The maximum absolute atomic E-state index is 13.3. The average molecular weight is 593 g/mol. The van der Waals surface area contributed by atoms with E-state index in [1.54, 1.807) is 49.4 Å². The lowest BCUT2D eigenvalue weighted by atomic mass is 10.0. The van der Waals surface area contributed by atoms with Gasteiger partial charge in [0.05, 0.1) is 22.3 Å². The van der Waals surface area contributed by atoms with Crippen molar-refractivity contribution in [3.8, 4) is 11.5 Å². The Hall–Kier alpha value is -4.44. The Morgan fingerprint density at radius 2 is 1.72 bits per heavy atom. The monoisotopic (exact) mass is 592 g/mol. The van der Waals surface area contributed by atoms with Crippen LogP contribution in [0.15, 0.2) is 64.6 Å². The number of halogens is 1. The van der Waals surface area contributed by atoms with E-state index in [1.807, 2.05) is 13.8 Å². The summed E-state index contributed by atoms with van der Waals surface area (Å²) in [6.45, 7) is 6.06. The molecule has 10 heteroatoms. The Balaban J connectivity index is 1.63. The summed E-state index contributed by atoms with van der Waals surface area (Å²) in [5.41, 5.74) is 3.44. The van der Waals surface area contributed by atoms with Crippen molar-refractivity contribution < 1.29 is 33.8 Å². The lowest BCUT2D eigenvalue weighted by Crippen LogP contribution is -2.54. The van der Waals surface area contributed by atoms with E-state index in [1.165, 1.54) is 18.2 Å². The van der Waals surface area contributed by atoms with Crippen LogP contribution in [0.2, 0.25) is 0 Å². The quantitative estimate of drug-likeness (QED) is 0.265. The highest BCUT2D eigenvalue weighted by Crippen LogP contribution is 2.38. The minimum atomic E-state index is -1.01. The highest BCUT2D eigenvalue weighted by Gasteiger charge is 2.37. The number of barbiturate groups is 1. The van der Waals surface area contributed by atoms with Gasteiger partial charge in [-0.15, -0.1) is 0 Å². The van der Waals surface area contributed by atoms with E-state index >= 15 is 0 Å². The second-order valence-electron chi connectivity index (χ2n) is 8.78. The van der Waals surface area contributed by atoms with E-state index in [0.717, 1.165) is 21.6 Å². The Kier molecular flexibility index (Phi) is 8.15. The third kappa shape index (κ3) is 6.01. The maximum Gasteiger partial charge on any atom is 0.335 e. The number of aromatic carboxylic acids is 1. The molecule has 1 saturated heterocycles. The first-order valence-electron chi connectivity index (χ1n) is 12.0. The van der Waals surface area contributed by atoms with E-state index in [-0.39, 0.29) is 17.7 Å². The fraction of sp³-hybridized carbons (Fsp3) is 0.172. The largest absolute Gasteiger partial charge is 0.490 e. The van der Waals surface area contributed by atoms with Crippen LogP contribution in [0.5, 0.6) is 11.5 Å². The molecule has 0 atom stereocenters. The summed E-state index contributed by atoms with van der Waals surface area (Å²) in [6.07, 6.45) is 1.39. The van der Waals surface area contributed by atoms with Gasteiger partial charge in [0.25, 0.3) is 11.8 Å². The summed E-state index contributed by atoms with van der Waals surface area (Å²) in [4.78, 5) is 50.5. The van der Waals surface area contributed by atoms with Crippen LogP contribution in [0.3, 0.4) is 0 Å². The highest BCUT2D eigenvalue weighted by molar-refractivity contribution is 9.10. The molecule has 1 fully saturated rings. The van der Waals surface area contributed by atoms with Crippen molar-refractivity contribution >= 4 is 51.5 Å². The molecule has 2 N–H and O–H groups in total. The third-order valence-corrected chi connectivity index (χ3v) is 6.67. The van der Waals surface area contributed by atoms with Crippen LogP contribution in [0.25, 0.3) is 6.08 Å². The van der Waals surface area contributed by atoms with Gasteiger partial charge in [-0.2, -0.15) is 0 Å². The van der Waals surface area contributed by atoms with Crippen molar-refractivity contribution in [1.82, 2.24) is 5.32 Å². The van der Waals surface area contributed by atoms with Crippen molar-refractivity contribution in [2.75, 3.05) is 11.5 Å². The molecule has 9 nitrogen and oxygen atoms in total. The van der Waals surface area contributed by atoms with Crippen molar-refractivity contribution in [2.45, 2.75) is 27.4 Å². The minimum absolute atomic E-state index is 0.146. The molecule has 0 aromatic heterocycles. The summed E-state index contributed by atoms with van der Waals surface area (Å²) in [5.74, 6) is -1.80. The number of benzene rings is 3. The fourth-order valence-electron chi connectivity index (χ4n) is 3.90. The average Bonchev–Trinajstić information content (AvgIpc) is 2.88. The number of carbonyl (C=O) groups excluding carboxylic acids is 3. The van der Waals surface area contributed by atoms with Crippen LogP contribution in [-0.2, 0) is 16.2 Å². The standard InChI is InChI=1S/C29H25BrN2O7/c1-4-38-24-14-19(13-23(30)25(24)39-15-18-6-8-20(9-7-18)28(35)36)12-22-26(33)31-29(37)32(27(22)34)21-10-5-16(2)17(3)11-21/h5-14H,4,15H2,1-3H3,(H,35,36)(H,31,33,37)/b22-12+. The SMILES string of the molecule is CCOc1cc(/C=C2\C(=O)NC(=O)N(c3ccc(C)c(C)c3)C2=O)cc(Br)c1OCc1ccc(C(=O)O)cc1. The van der Waals surface area contributed by atoms with Crippen molar-refractivity contribution in [1.29, 1.82) is 0 Å². The third-order valence-electron chi connectivity index (χ3n) is 6.08. The lowest BCUT2D eigenvalue weighted by Gasteiger charge is -2.27. The first-order chi connectivity index (χ1) is 18.6. The molecule has 0 unspecified atom stereocenters. The lowest BCUT2D eigenvalue weighted by molar-refractivity contribution is -0.122. The number of hydrogen-bond acceptors (Lipinski definition) is 6. The zero-order valence-electron chi connectivity index (χ0n) is 21.4. The van der Waals surface area contributed by atoms with E-state index < -0.39 is 23.8 Å². The molecule has 4 rings (SSSR count). The van der Waals surface area contributed by atoms with Gasteiger partial charge in [0.15, 0.2) is 11.5 Å². The number of anilines is 1. The van der Waals surface area contributed by atoms with Gasteiger partial charge in [0.2, 0.25) is 0 Å². The number of aryl methyl sites for hydroxylation is 2. The fourth-order valence-corrected chi connectivity index (χ4v) is 4.47. The predicted octanol–water partition coefficient (Wildman–Crippen LogP) is 5.41. The molecule has 3 aromatic rings. The maximum atomic E-state index is 13.3. The van der Waals surface area contributed by atoms with Gasteiger partial charge in [0.1, 0.15) is 12.2 Å². The summed E-state index contributed by atoms with van der Waals surface area (Å²) in [6, 6.07) is 13.9. The molecule has 1 aliphatic rings. The van der Waals surface area contributed by atoms with Crippen LogP contribution in [0, 0.1) is 13.8 Å². The molecule has 0 spiro atoms. The molecule has 3 aromatic carbocycles. The molecule has 0 bridgehead atoms. The second kappa shape index (κ2) is 11.5. The number of nitrogens with zero attached hydrogens (tertiary/aromatic N) is 1. The van der Waals surface area contributed by atoms with Gasteiger partial charge in [0, 0.05) is 0 Å². The Labute approximate surface area is 233 Å². The molecule has 39 heavy (non-hydrogen) atoms. The molecule has 0 saturated carbocycles. The first kappa shape index (κ1) is 27.6. The van der Waals surface area contributed by atoms with E-state index in [4.69, 9.17) is 14.6 Å². The summed E-state index contributed by atoms with van der Waals surface area (Å²) in [7, 11) is 0. The van der Waals surface area contributed by atoms with E-state index in [9.17, 15) is 19.2 Å². The highest BCUT2D eigenvalue weighted by atomic mass is 79.9. The molecule has 0 radical (unpaired) electrons. The Morgan fingerprint density at radius 3 is 2.36 bits per heavy atom. The number of rotatable bonds is 8. The van der Waals surface area contributed by atoms with Gasteiger partial charge in [-0.25, -0.2) is 14.5 Å². The van der Waals surface area contributed by atoms with E-state index in [2.05, 4.69) is 21.2 Å². The van der Waals surface area contributed by atoms with Gasteiger partial charge < -0.3 is 14.6 Å². The number of ether oxygens (including phenoxy) is 2. The normalized spacial score (nSPS) is 14.4. The number of urea groups is 1. The van der Waals surface area contributed by atoms with Crippen LogP contribution < -0.4 is 19.7 Å².